The number of thioether (sulfide) groups is 1. The molecule has 1 aliphatic rings. The first-order valence-corrected chi connectivity index (χ1v) is 5.60. The van der Waals surface area contributed by atoms with Crippen LogP contribution in [0.2, 0.25) is 0 Å². The van der Waals surface area contributed by atoms with Crippen LogP contribution in [0.5, 0.6) is 0 Å². The van der Waals surface area contributed by atoms with Gasteiger partial charge in [-0.3, -0.25) is 9.59 Å². The van der Waals surface area contributed by atoms with E-state index in [9.17, 15) is 22.8 Å². The summed E-state index contributed by atoms with van der Waals surface area (Å²) in [5, 5.41) is 10.2. The number of hydrogen-bond acceptors (Lipinski definition) is 3. The number of hydrogen-bond donors (Lipinski definition) is 2. The maximum Gasteiger partial charge on any atom is 0.411 e. The minimum absolute atomic E-state index is 0.105. The predicted octanol–water partition coefficient (Wildman–Crippen LogP) is 1.02. The third-order valence-corrected chi connectivity index (χ3v) is 3.05. The molecule has 92 valence electrons. The summed E-state index contributed by atoms with van der Waals surface area (Å²) >= 11 is 0.770. The van der Waals surface area contributed by atoms with Crippen LogP contribution >= 0.6 is 11.8 Å². The van der Waals surface area contributed by atoms with Crippen molar-refractivity contribution in [2.45, 2.75) is 24.6 Å². The van der Waals surface area contributed by atoms with E-state index in [2.05, 4.69) is 0 Å². The smallest absolute Gasteiger partial charge is 0.411 e. The fourth-order valence-corrected chi connectivity index (χ4v) is 1.67. The van der Waals surface area contributed by atoms with Crippen LogP contribution in [0.4, 0.5) is 13.2 Å². The molecule has 4 nitrogen and oxygen atoms in total. The van der Waals surface area contributed by atoms with E-state index in [4.69, 9.17) is 5.11 Å². The normalized spacial score (nSPS) is 17.9. The highest BCUT2D eigenvalue weighted by Crippen LogP contribution is 2.48. The van der Waals surface area contributed by atoms with Gasteiger partial charge in [0.15, 0.2) is 0 Å². The number of halogens is 3. The SMILES string of the molecule is O=C(O)CSCC(=O)NC1(C(F)(F)F)CC1. The van der Waals surface area contributed by atoms with Crippen LogP contribution in [0.1, 0.15) is 12.8 Å². The number of alkyl halides is 3. The van der Waals surface area contributed by atoms with Crippen LogP contribution in [-0.2, 0) is 9.59 Å². The Hall–Kier alpha value is -0.920. The molecule has 1 aliphatic carbocycles. The Labute approximate surface area is 93.6 Å². The first-order valence-electron chi connectivity index (χ1n) is 4.44. The van der Waals surface area contributed by atoms with Crippen LogP contribution < -0.4 is 5.32 Å². The molecule has 0 aromatic heterocycles. The van der Waals surface area contributed by atoms with Crippen molar-refractivity contribution in [3.8, 4) is 0 Å². The monoisotopic (exact) mass is 257 g/mol. The molecular weight excluding hydrogens is 247 g/mol. The summed E-state index contributed by atoms with van der Waals surface area (Å²) < 4.78 is 37.2. The molecule has 1 fully saturated rings. The standard InChI is InChI=1S/C8H10F3NO3S/c9-8(10,11)7(1-2-7)12-5(13)3-16-4-6(14)15/h1-4H2,(H,12,13)(H,14,15). The topological polar surface area (TPSA) is 66.4 Å². The van der Waals surface area contributed by atoms with E-state index >= 15 is 0 Å². The second kappa shape index (κ2) is 4.52. The van der Waals surface area contributed by atoms with Gasteiger partial charge in [0.05, 0.1) is 11.5 Å². The highest BCUT2D eigenvalue weighted by molar-refractivity contribution is 8.00. The van der Waals surface area contributed by atoms with Crippen molar-refractivity contribution in [1.82, 2.24) is 5.32 Å². The number of aliphatic carboxylic acids is 1. The Bertz CT molecular complexity index is 301. The lowest BCUT2D eigenvalue weighted by atomic mass is 10.2. The molecule has 0 bridgehead atoms. The molecule has 16 heavy (non-hydrogen) atoms. The maximum atomic E-state index is 12.4. The van der Waals surface area contributed by atoms with E-state index in [1.807, 2.05) is 5.32 Å². The van der Waals surface area contributed by atoms with Crippen LogP contribution in [0.15, 0.2) is 0 Å². The zero-order chi connectivity index (χ0) is 12.4. The van der Waals surface area contributed by atoms with Gasteiger partial charge in [0.25, 0.3) is 0 Å². The molecule has 1 rings (SSSR count). The van der Waals surface area contributed by atoms with E-state index in [1.165, 1.54) is 0 Å². The van der Waals surface area contributed by atoms with Crippen molar-refractivity contribution in [2.24, 2.45) is 0 Å². The van der Waals surface area contributed by atoms with Crippen LogP contribution in [0.25, 0.3) is 0 Å². The molecule has 8 heteroatoms. The van der Waals surface area contributed by atoms with E-state index in [1.54, 1.807) is 0 Å². The molecule has 0 unspecified atom stereocenters. The largest absolute Gasteiger partial charge is 0.481 e. The summed E-state index contributed by atoms with van der Waals surface area (Å²) in [7, 11) is 0. The van der Waals surface area contributed by atoms with E-state index in [0.29, 0.717) is 0 Å². The number of rotatable bonds is 5. The minimum atomic E-state index is -4.43. The number of amides is 1. The number of carbonyl (C=O) groups excluding carboxylic acids is 1. The number of carboxylic acids is 1. The first-order chi connectivity index (χ1) is 7.27. The minimum Gasteiger partial charge on any atom is -0.481 e. The van der Waals surface area contributed by atoms with Gasteiger partial charge in [-0.05, 0) is 12.8 Å². The van der Waals surface area contributed by atoms with E-state index < -0.39 is 23.6 Å². The molecule has 0 atom stereocenters. The van der Waals surface area contributed by atoms with Crippen LogP contribution in [0, 0.1) is 0 Å². The van der Waals surface area contributed by atoms with Gasteiger partial charge < -0.3 is 10.4 Å². The quantitative estimate of drug-likeness (QED) is 0.771. The first kappa shape index (κ1) is 13.1. The van der Waals surface area contributed by atoms with Gasteiger partial charge in [0.2, 0.25) is 5.91 Å². The van der Waals surface area contributed by atoms with Gasteiger partial charge in [-0.1, -0.05) is 0 Å². The highest BCUT2D eigenvalue weighted by Gasteiger charge is 2.64. The molecule has 0 heterocycles. The molecule has 0 spiro atoms. The molecule has 0 radical (unpaired) electrons. The number of carbonyl (C=O) groups is 2. The van der Waals surface area contributed by atoms with Crippen molar-refractivity contribution in [2.75, 3.05) is 11.5 Å². The Morgan fingerprint density at radius 3 is 2.25 bits per heavy atom. The average molecular weight is 257 g/mol. The summed E-state index contributed by atoms with van der Waals surface area (Å²) in [5.41, 5.74) is -2.06. The number of carboxylic acid groups (broad SMARTS) is 1. The molecular formula is C8H10F3NO3S. The fourth-order valence-electron chi connectivity index (χ4n) is 1.14. The Morgan fingerprint density at radius 2 is 1.88 bits per heavy atom. The molecule has 0 aromatic rings. The molecule has 0 aromatic carbocycles. The van der Waals surface area contributed by atoms with Gasteiger partial charge in [-0.15, -0.1) is 11.8 Å². The molecule has 0 aliphatic heterocycles. The summed E-state index contributed by atoms with van der Waals surface area (Å²) in [6, 6.07) is 0. The third-order valence-electron chi connectivity index (χ3n) is 2.13. The van der Waals surface area contributed by atoms with Gasteiger partial charge in [-0.2, -0.15) is 13.2 Å². The van der Waals surface area contributed by atoms with E-state index in [0.717, 1.165) is 11.8 Å². The van der Waals surface area contributed by atoms with Gasteiger partial charge in [0, 0.05) is 0 Å². The Balaban J connectivity index is 2.32. The zero-order valence-corrected chi connectivity index (χ0v) is 8.95. The molecule has 1 amide bonds. The van der Waals surface area contributed by atoms with E-state index in [-0.39, 0.29) is 24.3 Å². The van der Waals surface area contributed by atoms with Crippen molar-refractivity contribution >= 4 is 23.6 Å². The fraction of sp³-hybridized carbons (Fsp3) is 0.750. The summed E-state index contributed by atoms with van der Waals surface area (Å²) in [6.07, 6.45) is -4.64. The van der Waals surface area contributed by atoms with Gasteiger partial charge >= 0.3 is 12.1 Å². The average Bonchev–Trinajstić information content (AvgIpc) is 2.83. The van der Waals surface area contributed by atoms with Crippen molar-refractivity contribution in [3.05, 3.63) is 0 Å². The summed E-state index contributed by atoms with van der Waals surface area (Å²) in [4.78, 5) is 21.2. The molecule has 1 saturated carbocycles. The van der Waals surface area contributed by atoms with Crippen molar-refractivity contribution in [3.63, 3.8) is 0 Å². The Kier molecular flexibility index (Phi) is 3.72. The third kappa shape index (κ3) is 3.29. The van der Waals surface area contributed by atoms with Crippen molar-refractivity contribution in [1.29, 1.82) is 0 Å². The van der Waals surface area contributed by atoms with Gasteiger partial charge in [0.1, 0.15) is 5.54 Å². The summed E-state index contributed by atoms with van der Waals surface area (Å²) in [6.45, 7) is 0. The van der Waals surface area contributed by atoms with Crippen LogP contribution in [0.3, 0.4) is 0 Å². The lowest BCUT2D eigenvalue weighted by Crippen LogP contribution is -2.48. The lowest BCUT2D eigenvalue weighted by Gasteiger charge is -2.20. The number of nitrogens with one attached hydrogen (secondary N) is 1. The van der Waals surface area contributed by atoms with Crippen molar-refractivity contribution < 1.29 is 27.9 Å². The maximum absolute atomic E-state index is 12.4. The summed E-state index contributed by atoms with van der Waals surface area (Å²) in [5.74, 6) is -2.45. The second-order valence-electron chi connectivity index (χ2n) is 3.51. The van der Waals surface area contributed by atoms with Gasteiger partial charge in [-0.25, -0.2) is 0 Å². The second-order valence-corrected chi connectivity index (χ2v) is 4.50. The molecule has 2 N–H and O–H groups in total. The highest BCUT2D eigenvalue weighted by atomic mass is 32.2. The van der Waals surface area contributed by atoms with Crippen LogP contribution in [-0.4, -0.2) is 40.2 Å². The molecule has 0 saturated heterocycles. The Morgan fingerprint density at radius 1 is 1.31 bits per heavy atom. The lowest BCUT2D eigenvalue weighted by molar-refractivity contribution is -0.169. The zero-order valence-electron chi connectivity index (χ0n) is 8.13. The predicted molar refractivity (Wildman–Crippen MR) is 51.1 cm³/mol.